The Morgan fingerprint density at radius 3 is 2.46 bits per heavy atom. The van der Waals surface area contributed by atoms with Gasteiger partial charge in [0, 0.05) is 11.4 Å². The highest BCUT2D eigenvalue weighted by atomic mass is 79.9. The van der Waals surface area contributed by atoms with Gasteiger partial charge in [-0.25, -0.2) is 12.8 Å². The summed E-state index contributed by atoms with van der Waals surface area (Å²) in [5, 5.41) is 2.48. The number of benzene rings is 2. The van der Waals surface area contributed by atoms with Crippen LogP contribution in [0.25, 0.3) is 0 Å². The molecule has 0 aliphatic carbocycles. The molecule has 0 unspecified atom stereocenters. The van der Waals surface area contributed by atoms with Gasteiger partial charge in [-0.3, -0.25) is 9.52 Å². The van der Waals surface area contributed by atoms with Gasteiger partial charge in [-0.05, 0) is 36.4 Å². The molecule has 2 aromatic rings. The SMILES string of the molecule is COc1ccc(S(=O)(=O)Nc2ccc(Br)cc2F)cc1NC(C)=O. The number of methoxy groups -OCH3 is 1. The smallest absolute Gasteiger partial charge is 0.262 e. The maximum atomic E-state index is 13.8. The Balaban J connectivity index is 2.40. The Morgan fingerprint density at radius 1 is 1.17 bits per heavy atom. The fourth-order valence-electron chi connectivity index (χ4n) is 1.92. The molecule has 0 spiro atoms. The van der Waals surface area contributed by atoms with Crippen LogP contribution in [0.1, 0.15) is 6.92 Å². The Labute approximate surface area is 147 Å². The number of rotatable bonds is 5. The lowest BCUT2D eigenvalue weighted by Gasteiger charge is -2.13. The van der Waals surface area contributed by atoms with Gasteiger partial charge in [0.15, 0.2) is 0 Å². The highest BCUT2D eigenvalue weighted by Gasteiger charge is 2.19. The molecule has 0 saturated heterocycles. The zero-order valence-electron chi connectivity index (χ0n) is 12.8. The molecule has 128 valence electrons. The second kappa shape index (κ2) is 7.18. The summed E-state index contributed by atoms with van der Waals surface area (Å²) in [6.07, 6.45) is 0. The van der Waals surface area contributed by atoms with Gasteiger partial charge in [0.1, 0.15) is 11.6 Å². The van der Waals surface area contributed by atoms with Crippen molar-refractivity contribution in [2.75, 3.05) is 17.1 Å². The zero-order chi connectivity index (χ0) is 17.9. The highest BCUT2D eigenvalue weighted by molar-refractivity contribution is 9.10. The lowest BCUT2D eigenvalue weighted by molar-refractivity contribution is -0.114. The van der Waals surface area contributed by atoms with Gasteiger partial charge in [0.05, 0.1) is 23.4 Å². The number of hydrogen-bond donors (Lipinski definition) is 2. The fraction of sp³-hybridized carbons (Fsp3) is 0.133. The molecule has 2 N–H and O–H groups in total. The van der Waals surface area contributed by atoms with E-state index in [-0.39, 0.29) is 22.2 Å². The van der Waals surface area contributed by atoms with E-state index in [0.717, 1.165) is 6.07 Å². The van der Waals surface area contributed by atoms with Gasteiger partial charge in [0.25, 0.3) is 10.0 Å². The standard InChI is InChI=1S/C15H14BrFN2O4S/c1-9(20)18-14-8-11(4-6-15(14)23-2)24(21,22)19-13-5-3-10(16)7-12(13)17/h3-8,19H,1-2H3,(H,18,20). The number of carbonyl (C=O) groups excluding carboxylic acids is 1. The summed E-state index contributed by atoms with van der Waals surface area (Å²) in [4.78, 5) is 11.1. The van der Waals surface area contributed by atoms with Crippen LogP contribution in [-0.4, -0.2) is 21.4 Å². The van der Waals surface area contributed by atoms with Gasteiger partial charge in [-0.1, -0.05) is 15.9 Å². The maximum Gasteiger partial charge on any atom is 0.262 e. The molecule has 0 saturated carbocycles. The topological polar surface area (TPSA) is 84.5 Å². The van der Waals surface area contributed by atoms with Crippen molar-refractivity contribution in [2.24, 2.45) is 0 Å². The Bertz CT molecular complexity index is 887. The first-order valence-corrected chi connectivity index (χ1v) is 8.94. The molecule has 0 fully saturated rings. The minimum absolute atomic E-state index is 0.144. The number of nitrogens with one attached hydrogen (secondary N) is 2. The van der Waals surface area contributed by atoms with E-state index in [1.165, 1.54) is 44.4 Å². The molecule has 0 aliphatic rings. The van der Waals surface area contributed by atoms with Crippen molar-refractivity contribution >= 4 is 43.2 Å². The predicted molar refractivity (Wildman–Crippen MR) is 92.2 cm³/mol. The quantitative estimate of drug-likeness (QED) is 0.782. The number of halogens is 2. The summed E-state index contributed by atoms with van der Waals surface area (Å²) in [7, 11) is -2.65. The van der Waals surface area contributed by atoms with Gasteiger partial charge in [-0.2, -0.15) is 0 Å². The van der Waals surface area contributed by atoms with Gasteiger partial charge in [-0.15, -0.1) is 0 Å². The van der Waals surface area contributed by atoms with Crippen molar-refractivity contribution in [3.63, 3.8) is 0 Å². The van der Waals surface area contributed by atoms with Crippen LogP contribution in [0.2, 0.25) is 0 Å². The van der Waals surface area contributed by atoms with E-state index in [1.807, 2.05) is 0 Å². The molecule has 1 amide bonds. The summed E-state index contributed by atoms with van der Waals surface area (Å²) >= 11 is 3.10. The van der Waals surface area contributed by atoms with Crippen molar-refractivity contribution in [1.82, 2.24) is 0 Å². The highest BCUT2D eigenvalue weighted by Crippen LogP contribution is 2.29. The predicted octanol–water partition coefficient (Wildman–Crippen LogP) is 3.36. The van der Waals surface area contributed by atoms with E-state index in [2.05, 4.69) is 26.0 Å². The molecule has 24 heavy (non-hydrogen) atoms. The van der Waals surface area contributed by atoms with Crippen LogP contribution in [0.5, 0.6) is 5.75 Å². The summed E-state index contributed by atoms with van der Waals surface area (Å²) < 4.78 is 46.4. The summed E-state index contributed by atoms with van der Waals surface area (Å²) in [6.45, 7) is 1.29. The normalized spacial score (nSPS) is 11.0. The van der Waals surface area contributed by atoms with E-state index in [9.17, 15) is 17.6 Å². The molecule has 0 radical (unpaired) electrons. The number of hydrogen-bond acceptors (Lipinski definition) is 4. The first-order valence-electron chi connectivity index (χ1n) is 6.66. The zero-order valence-corrected chi connectivity index (χ0v) is 15.2. The number of ether oxygens (including phenoxy) is 1. The number of carbonyl (C=O) groups is 1. The van der Waals surface area contributed by atoms with Gasteiger partial charge < -0.3 is 10.1 Å². The fourth-order valence-corrected chi connectivity index (χ4v) is 3.34. The molecule has 0 bridgehead atoms. The molecule has 0 heterocycles. The Hall–Kier alpha value is -2.13. The average Bonchev–Trinajstić information content (AvgIpc) is 2.49. The van der Waals surface area contributed by atoms with Crippen LogP contribution >= 0.6 is 15.9 Å². The van der Waals surface area contributed by atoms with E-state index in [4.69, 9.17) is 4.74 Å². The maximum absolute atomic E-state index is 13.8. The molecule has 9 heteroatoms. The van der Waals surface area contributed by atoms with Gasteiger partial charge >= 0.3 is 0 Å². The average molecular weight is 417 g/mol. The number of anilines is 2. The minimum Gasteiger partial charge on any atom is -0.495 e. The third-order valence-corrected chi connectivity index (χ3v) is 4.82. The number of amides is 1. The first kappa shape index (κ1) is 18.2. The Morgan fingerprint density at radius 2 is 1.88 bits per heavy atom. The molecule has 2 rings (SSSR count). The van der Waals surface area contributed by atoms with E-state index in [0.29, 0.717) is 10.2 Å². The molecule has 6 nitrogen and oxygen atoms in total. The first-order chi connectivity index (χ1) is 11.2. The second-order valence-corrected chi connectivity index (χ2v) is 7.37. The monoisotopic (exact) mass is 416 g/mol. The summed E-state index contributed by atoms with van der Waals surface area (Å²) in [5.74, 6) is -0.794. The largest absolute Gasteiger partial charge is 0.495 e. The third-order valence-electron chi connectivity index (χ3n) is 2.97. The van der Waals surface area contributed by atoms with Crippen molar-refractivity contribution < 1.29 is 22.3 Å². The summed E-state index contributed by atoms with van der Waals surface area (Å²) in [5.41, 5.74) is 0.0132. The molecule has 0 aromatic heterocycles. The molecular formula is C15H14BrFN2O4S. The number of sulfonamides is 1. The molecular weight excluding hydrogens is 403 g/mol. The molecule has 0 atom stereocenters. The van der Waals surface area contributed by atoms with E-state index < -0.39 is 15.8 Å². The molecule has 0 aliphatic heterocycles. The van der Waals surface area contributed by atoms with Crippen LogP contribution in [0.15, 0.2) is 45.8 Å². The van der Waals surface area contributed by atoms with Crippen LogP contribution < -0.4 is 14.8 Å². The second-order valence-electron chi connectivity index (χ2n) is 4.77. The summed E-state index contributed by atoms with van der Waals surface area (Å²) in [6, 6.07) is 7.89. The molecule has 2 aromatic carbocycles. The van der Waals surface area contributed by atoms with Crippen LogP contribution in [0.3, 0.4) is 0 Å². The van der Waals surface area contributed by atoms with Crippen LogP contribution in [0.4, 0.5) is 15.8 Å². The van der Waals surface area contributed by atoms with Crippen molar-refractivity contribution in [3.8, 4) is 5.75 Å². The third kappa shape index (κ3) is 4.24. The minimum atomic E-state index is -4.04. The van der Waals surface area contributed by atoms with Crippen molar-refractivity contribution in [1.29, 1.82) is 0 Å². The Kier molecular flexibility index (Phi) is 5.45. The van der Waals surface area contributed by atoms with Crippen molar-refractivity contribution in [2.45, 2.75) is 11.8 Å². The van der Waals surface area contributed by atoms with E-state index in [1.54, 1.807) is 0 Å². The van der Waals surface area contributed by atoms with Gasteiger partial charge in [0.2, 0.25) is 5.91 Å². The van der Waals surface area contributed by atoms with Crippen LogP contribution in [-0.2, 0) is 14.8 Å². The lowest BCUT2D eigenvalue weighted by atomic mass is 10.3. The van der Waals surface area contributed by atoms with Crippen molar-refractivity contribution in [3.05, 3.63) is 46.7 Å². The van der Waals surface area contributed by atoms with Crippen LogP contribution in [0, 0.1) is 5.82 Å². The lowest BCUT2D eigenvalue weighted by Crippen LogP contribution is -2.15. The van der Waals surface area contributed by atoms with E-state index >= 15 is 0 Å².